The summed E-state index contributed by atoms with van der Waals surface area (Å²) in [5.41, 5.74) is 6.18. The van der Waals surface area contributed by atoms with Crippen LogP contribution in [0.25, 0.3) is 0 Å². The predicted molar refractivity (Wildman–Crippen MR) is 98.4 cm³/mol. The second-order valence-corrected chi connectivity index (χ2v) is 6.41. The largest absolute Gasteiger partial charge is 0.381 e. The SMILES string of the molecule is CN(C)C1(CN=C(N)NC2CCCCC2)CCOCC1.I. The zero-order chi connectivity index (χ0) is 14.4. The second kappa shape index (κ2) is 9.15. The number of halogens is 1. The van der Waals surface area contributed by atoms with Crippen LogP contribution in [-0.4, -0.2) is 56.3 Å². The van der Waals surface area contributed by atoms with Crippen LogP contribution in [0.4, 0.5) is 0 Å². The van der Waals surface area contributed by atoms with Crippen LogP contribution < -0.4 is 11.1 Å². The van der Waals surface area contributed by atoms with E-state index in [1.54, 1.807) is 0 Å². The minimum Gasteiger partial charge on any atom is -0.381 e. The van der Waals surface area contributed by atoms with Gasteiger partial charge in [0.15, 0.2) is 5.96 Å². The van der Waals surface area contributed by atoms with Gasteiger partial charge in [-0.25, -0.2) is 0 Å². The van der Waals surface area contributed by atoms with Gasteiger partial charge < -0.3 is 20.7 Å². The molecule has 1 saturated heterocycles. The summed E-state index contributed by atoms with van der Waals surface area (Å²) >= 11 is 0. The van der Waals surface area contributed by atoms with Gasteiger partial charge in [-0.1, -0.05) is 19.3 Å². The summed E-state index contributed by atoms with van der Waals surface area (Å²) < 4.78 is 5.48. The van der Waals surface area contributed by atoms with E-state index in [-0.39, 0.29) is 29.5 Å². The van der Waals surface area contributed by atoms with Crippen molar-refractivity contribution in [3.05, 3.63) is 0 Å². The van der Waals surface area contributed by atoms with E-state index in [9.17, 15) is 0 Å². The average Bonchev–Trinajstić information content (AvgIpc) is 2.47. The van der Waals surface area contributed by atoms with Crippen LogP contribution in [0.15, 0.2) is 4.99 Å². The molecule has 21 heavy (non-hydrogen) atoms. The number of likely N-dealkylation sites (N-methyl/N-ethyl adjacent to an activating group) is 1. The standard InChI is InChI=1S/C15H30N4O.HI/c1-19(2)15(8-10-20-11-9-15)12-17-14(16)18-13-6-4-3-5-7-13;/h13H,3-12H2,1-2H3,(H3,16,17,18);1H. The number of hydrogen-bond acceptors (Lipinski definition) is 3. The number of hydrogen-bond donors (Lipinski definition) is 2. The summed E-state index contributed by atoms with van der Waals surface area (Å²) in [6.45, 7) is 2.40. The Balaban J connectivity index is 0.00000220. The lowest BCUT2D eigenvalue weighted by atomic mass is 9.89. The first-order valence-corrected chi connectivity index (χ1v) is 7.94. The molecule has 0 bridgehead atoms. The first kappa shape index (κ1) is 19.0. The third-order valence-corrected chi connectivity index (χ3v) is 4.87. The van der Waals surface area contributed by atoms with Gasteiger partial charge in [0.2, 0.25) is 0 Å². The lowest BCUT2D eigenvalue weighted by molar-refractivity contribution is -0.00253. The van der Waals surface area contributed by atoms with E-state index in [1.807, 2.05) is 0 Å². The Kier molecular flexibility index (Phi) is 8.26. The molecule has 3 N–H and O–H groups in total. The van der Waals surface area contributed by atoms with Crippen LogP contribution in [0.1, 0.15) is 44.9 Å². The highest BCUT2D eigenvalue weighted by molar-refractivity contribution is 14.0. The predicted octanol–water partition coefficient (Wildman–Crippen LogP) is 1.95. The van der Waals surface area contributed by atoms with Crippen molar-refractivity contribution >= 4 is 29.9 Å². The minimum absolute atomic E-state index is 0. The monoisotopic (exact) mass is 410 g/mol. The zero-order valence-electron chi connectivity index (χ0n) is 13.4. The fourth-order valence-corrected chi connectivity index (χ4v) is 3.23. The second-order valence-electron chi connectivity index (χ2n) is 6.41. The van der Waals surface area contributed by atoms with Crippen LogP contribution >= 0.6 is 24.0 Å². The van der Waals surface area contributed by atoms with Crippen molar-refractivity contribution < 1.29 is 4.74 Å². The molecule has 1 saturated carbocycles. The van der Waals surface area contributed by atoms with Gasteiger partial charge >= 0.3 is 0 Å². The molecular formula is C15H31IN4O. The third kappa shape index (κ3) is 5.56. The van der Waals surface area contributed by atoms with Gasteiger partial charge in [0.05, 0.1) is 6.54 Å². The minimum atomic E-state index is 0. The Morgan fingerprint density at radius 2 is 1.86 bits per heavy atom. The zero-order valence-corrected chi connectivity index (χ0v) is 15.8. The number of nitrogens with zero attached hydrogens (tertiary/aromatic N) is 2. The van der Waals surface area contributed by atoms with Crippen molar-refractivity contribution in [1.29, 1.82) is 0 Å². The summed E-state index contributed by atoms with van der Waals surface area (Å²) in [7, 11) is 4.26. The van der Waals surface area contributed by atoms with Gasteiger partial charge in [0.1, 0.15) is 0 Å². The number of nitrogens with one attached hydrogen (secondary N) is 1. The average molecular weight is 410 g/mol. The summed E-state index contributed by atoms with van der Waals surface area (Å²) in [6.07, 6.45) is 8.49. The molecule has 0 aromatic carbocycles. The lowest BCUT2D eigenvalue weighted by Gasteiger charge is -2.41. The summed E-state index contributed by atoms with van der Waals surface area (Å²) in [6, 6.07) is 0.525. The van der Waals surface area contributed by atoms with Crippen LogP contribution in [0.2, 0.25) is 0 Å². The third-order valence-electron chi connectivity index (χ3n) is 4.87. The van der Waals surface area contributed by atoms with E-state index >= 15 is 0 Å². The Morgan fingerprint density at radius 3 is 2.43 bits per heavy atom. The van der Waals surface area contributed by atoms with Crippen molar-refractivity contribution in [1.82, 2.24) is 10.2 Å². The molecule has 124 valence electrons. The fraction of sp³-hybridized carbons (Fsp3) is 0.933. The molecule has 2 fully saturated rings. The summed E-state index contributed by atoms with van der Waals surface area (Å²) in [5, 5.41) is 3.39. The highest BCUT2D eigenvalue weighted by Gasteiger charge is 2.34. The van der Waals surface area contributed by atoms with E-state index in [2.05, 4.69) is 29.3 Å². The number of ether oxygens (including phenoxy) is 1. The molecule has 0 aromatic heterocycles. The number of guanidine groups is 1. The molecule has 6 heteroatoms. The van der Waals surface area contributed by atoms with Gasteiger partial charge in [-0.15, -0.1) is 24.0 Å². The summed E-state index contributed by atoms with van der Waals surface area (Å²) in [4.78, 5) is 6.91. The van der Waals surface area contributed by atoms with Crippen LogP contribution in [0, 0.1) is 0 Å². The van der Waals surface area contributed by atoms with E-state index in [1.165, 1.54) is 32.1 Å². The molecule has 0 unspecified atom stereocenters. The molecule has 1 aliphatic heterocycles. The fourth-order valence-electron chi connectivity index (χ4n) is 3.23. The van der Waals surface area contributed by atoms with E-state index < -0.39 is 0 Å². The molecule has 2 aliphatic rings. The maximum Gasteiger partial charge on any atom is 0.188 e. The van der Waals surface area contributed by atoms with Crippen molar-refractivity contribution in [2.75, 3.05) is 33.9 Å². The van der Waals surface area contributed by atoms with Crippen LogP contribution in [-0.2, 0) is 4.74 Å². The Hall–Kier alpha value is -0.0800. The molecule has 1 aliphatic carbocycles. The maximum absolute atomic E-state index is 6.07. The highest BCUT2D eigenvalue weighted by atomic mass is 127. The van der Waals surface area contributed by atoms with Crippen molar-refractivity contribution in [3.8, 4) is 0 Å². The first-order valence-electron chi connectivity index (χ1n) is 7.94. The van der Waals surface area contributed by atoms with Gasteiger partial charge in [-0.05, 0) is 39.8 Å². The molecule has 0 radical (unpaired) electrons. The summed E-state index contributed by atoms with van der Waals surface area (Å²) in [5.74, 6) is 0.615. The molecule has 0 aromatic rings. The van der Waals surface area contributed by atoms with E-state index in [0.717, 1.165) is 32.6 Å². The Bertz CT molecular complexity index is 324. The number of aliphatic imine (C=N–C) groups is 1. The molecule has 0 atom stereocenters. The van der Waals surface area contributed by atoms with Gasteiger partial charge in [-0.2, -0.15) is 0 Å². The van der Waals surface area contributed by atoms with E-state index in [0.29, 0.717) is 12.0 Å². The van der Waals surface area contributed by atoms with Crippen LogP contribution in [0.3, 0.4) is 0 Å². The van der Waals surface area contributed by atoms with E-state index in [4.69, 9.17) is 10.5 Å². The van der Waals surface area contributed by atoms with Crippen molar-refractivity contribution in [3.63, 3.8) is 0 Å². The topological polar surface area (TPSA) is 62.9 Å². The van der Waals surface area contributed by atoms with Gasteiger partial charge in [-0.3, -0.25) is 4.99 Å². The molecule has 5 nitrogen and oxygen atoms in total. The highest BCUT2D eigenvalue weighted by Crippen LogP contribution is 2.26. The quantitative estimate of drug-likeness (QED) is 0.423. The molecule has 0 amide bonds. The van der Waals surface area contributed by atoms with Gasteiger partial charge in [0.25, 0.3) is 0 Å². The Morgan fingerprint density at radius 1 is 1.24 bits per heavy atom. The maximum atomic E-state index is 6.07. The lowest BCUT2D eigenvalue weighted by Crippen LogP contribution is -2.52. The number of nitrogens with two attached hydrogens (primary N) is 1. The van der Waals surface area contributed by atoms with Crippen molar-refractivity contribution in [2.24, 2.45) is 10.7 Å². The number of rotatable bonds is 4. The first-order chi connectivity index (χ1) is 9.62. The van der Waals surface area contributed by atoms with Gasteiger partial charge in [0, 0.05) is 24.8 Å². The van der Waals surface area contributed by atoms with Crippen molar-refractivity contribution in [2.45, 2.75) is 56.5 Å². The molecule has 0 spiro atoms. The molecular weight excluding hydrogens is 379 g/mol. The smallest absolute Gasteiger partial charge is 0.188 e. The molecule has 2 rings (SSSR count). The Labute approximate surface area is 146 Å². The molecule has 1 heterocycles. The van der Waals surface area contributed by atoms with Crippen LogP contribution in [0.5, 0.6) is 0 Å². The normalized spacial score (nSPS) is 23.7.